The molecule has 2 saturated carbocycles. The molecule has 2 aliphatic carbocycles. The summed E-state index contributed by atoms with van der Waals surface area (Å²) in [6, 6.07) is 5.75. The summed E-state index contributed by atoms with van der Waals surface area (Å²) >= 11 is 0. The normalized spacial score (nSPS) is 25.8. The van der Waals surface area contributed by atoms with Gasteiger partial charge in [-0.15, -0.1) is 0 Å². The van der Waals surface area contributed by atoms with E-state index in [0.717, 1.165) is 41.2 Å². The van der Waals surface area contributed by atoms with E-state index in [4.69, 9.17) is 4.98 Å². The van der Waals surface area contributed by atoms with Crippen LogP contribution < -0.4 is 5.32 Å². The summed E-state index contributed by atoms with van der Waals surface area (Å²) in [6.07, 6.45) is 5.62. The molecule has 2 aromatic rings. The summed E-state index contributed by atoms with van der Waals surface area (Å²) in [5.41, 5.74) is 1.73. The second-order valence-electron chi connectivity index (χ2n) is 8.72. The van der Waals surface area contributed by atoms with E-state index >= 15 is 0 Å². The van der Waals surface area contributed by atoms with Crippen LogP contribution in [-0.4, -0.2) is 42.4 Å². The van der Waals surface area contributed by atoms with E-state index < -0.39 is 10.0 Å². The number of sulfonamides is 1. The number of nitrogens with zero attached hydrogens (tertiary/aromatic N) is 3. The molecule has 7 heteroatoms. The SMILES string of the molecule is CCn1c(CN[C@H](C)[C@H]2C[C@H]3CC[C@H]2C3)nc2cc(S(=O)(=O)N(C)C)ccc21. The van der Waals surface area contributed by atoms with Gasteiger partial charge in [-0.3, -0.25) is 0 Å². The van der Waals surface area contributed by atoms with Crippen molar-refractivity contribution >= 4 is 21.1 Å². The lowest BCUT2D eigenvalue weighted by Gasteiger charge is -2.28. The first-order valence-corrected chi connectivity index (χ1v) is 11.9. The fourth-order valence-corrected chi connectivity index (χ4v) is 6.25. The van der Waals surface area contributed by atoms with Gasteiger partial charge in [0.25, 0.3) is 0 Å². The Bertz CT molecular complexity index is 966. The Hall–Kier alpha value is -1.44. The molecule has 4 rings (SSSR count). The molecular formula is C21H32N4O2S. The molecule has 0 amide bonds. The Morgan fingerprint density at radius 1 is 1.29 bits per heavy atom. The third kappa shape index (κ3) is 3.37. The molecule has 0 radical (unpaired) electrons. The second-order valence-corrected chi connectivity index (χ2v) is 10.9. The average Bonchev–Trinajstić information content (AvgIpc) is 3.38. The predicted octanol–water partition coefficient (Wildman–Crippen LogP) is 3.22. The first-order valence-electron chi connectivity index (χ1n) is 10.5. The minimum absolute atomic E-state index is 0.292. The van der Waals surface area contributed by atoms with Crippen LogP contribution >= 0.6 is 0 Å². The van der Waals surface area contributed by atoms with Gasteiger partial charge in [-0.1, -0.05) is 6.42 Å². The van der Waals surface area contributed by atoms with Crippen molar-refractivity contribution in [2.75, 3.05) is 14.1 Å². The fraction of sp³-hybridized carbons (Fsp3) is 0.667. The minimum Gasteiger partial charge on any atom is -0.327 e. The average molecular weight is 405 g/mol. The summed E-state index contributed by atoms with van der Waals surface area (Å²) in [5.74, 6) is 3.62. The van der Waals surface area contributed by atoms with Crippen LogP contribution in [0.4, 0.5) is 0 Å². The lowest BCUT2D eigenvalue weighted by Crippen LogP contribution is -2.36. The first kappa shape index (κ1) is 19.9. The Labute approximate surface area is 168 Å². The number of aromatic nitrogens is 2. The Morgan fingerprint density at radius 3 is 2.68 bits per heavy atom. The standard InChI is InChI=1S/C21H32N4O2S/c1-5-25-20-9-8-17(28(26,27)24(3)4)12-19(20)23-21(25)13-22-14(2)18-11-15-6-7-16(18)10-15/h8-9,12,14-16,18,22H,5-7,10-11,13H2,1-4H3/t14-,15+,16+,18-/m1/s1. The van der Waals surface area contributed by atoms with Gasteiger partial charge >= 0.3 is 0 Å². The highest BCUT2D eigenvalue weighted by Crippen LogP contribution is 2.49. The highest BCUT2D eigenvalue weighted by molar-refractivity contribution is 7.89. The van der Waals surface area contributed by atoms with Crippen molar-refractivity contribution in [1.82, 2.24) is 19.2 Å². The molecule has 2 aliphatic rings. The molecule has 1 aromatic carbocycles. The van der Waals surface area contributed by atoms with Gasteiger partial charge in [-0.05, 0) is 69.1 Å². The van der Waals surface area contributed by atoms with Gasteiger partial charge in [0.1, 0.15) is 5.82 Å². The number of rotatable bonds is 7. The predicted molar refractivity (Wildman–Crippen MR) is 112 cm³/mol. The number of benzene rings is 1. The Balaban J connectivity index is 1.55. The maximum atomic E-state index is 12.4. The summed E-state index contributed by atoms with van der Waals surface area (Å²) in [4.78, 5) is 5.07. The zero-order valence-corrected chi connectivity index (χ0v) is 18.2. The van der Waals surface area contributed by atoms with Gasteiger partial charge in [-0.2, -0.15) is 0 Å². The smallest absolute Gasteiger partial charge is 0.242 e. The zero-order chi connectivity index (χ0) is 20.1. The highest BCUT2D eigenvalue weighted by Gasteiger charge is 2.41. The molecule has 154 valence electrons. The Morgan fingerprint density at radius 2 is 2.07 bits per heavy atom. The number of hydrogen-bond donors (Lipinski definition) is 1. The van der Waals surface area contributed by atoms with E-state index in [1.54, 1.807) is 26.2 Å². The van der Waals surface area contributed by atoms with Crippen LogP contribution in [0.25, 0.3) is 11.0 Å². The van der Waals surface area contributed by atoms with Gasteiger partial charge in [0.05, 0.1) is 22.5 Å². The van der Waals surface area contributed by atoms with Crippen molar-refractivity contribution in [2.24, 2.45) is 17.8 Å². The van der Waals surface area contributed by atoms with E-state index in [9.17, 15) is 8.42 Å². The van der Waals surface area contributed by atoms with Crippen LogP contribution in [0.2, 0.25) is 0 Å². The summed E-state index contributed by atoms with van der Waals surface area (Å²) < 4.78 is 28.3. The van der Waals surface area contributed by atoms with Gasteiger partial charge in [-0.25, -0.2) is 17.7 Å². The molecule has 0 saturated heterocycles. The van der Waals surface area contributed by atoms with Crippen molar-refractivity contribution in [3.05, 3.63) is 24.0 Å². The summed E-state index contributed by atoms with van der Waals surface area (Å²) in [7, 11) is -0.348. The number of fused-ring (bicyclic) bond motifs is 3. The van der Waals surface area contributed by atoms with Crippen molar-refractivity contribution in [3.8, 4) is 0 Å². The van der Waals surface area contributed by atoms with E-state index in [1.807, 2.05) is 6.07 Å². The third-order valence-corrected chi connectivity index (χ3v) is 8.72. The molecule has 2 fully saturated rings. The summed E-state index contributed by atoms with van der Waals surface area (Å²) in [5, 5.41) is 3.71. The number of nitrogens with one attached hydrogen (secondary N) is 1. The van der Waals surface area contributed by atoms with E-state index in [0.29, 0.717) is 17.5 Å². The maximum Gasteiger partial charge on any atom is 0.242 e. The number of imidazole rings is 1. The van der Waals surface area contributed by atoms with Crippen molar-refractivity contribution in [1.29, 1.82) is 0 Å². The molecular weight excluding hydrogens is 372 g/mol. The van der Waals surface area contributed by atoms with Crippen LogP contribution in [-0.2, 0) is 23.1 Å². The first-order chi connectivity index (χ1) is 13.3. The van der Waals surface area contributed by atoms with Crippen LogP contribution in [0.3, 0.4) is 0 Å². The lowest BCUT2D eigenvalue weighted by molar-refractivity contribution is 0.258. The maximum absolute atomic E-state index is 12.4. The molecule has 1 heterocycles. The van der Waals surface area contributed by atoms with Crippen molar-refractivity contribution in [2.45, 2.75) is 63.6 Å². The lowest BCUT2D eigenvalue weighted by atomic mass is 9.84. The molecule has 2 bridgehead atoms. The molecule has 0 spiro atoms. The zero-order valence-electron chi connectivity index (χ0n) is 17.4. The molecule has 1 N–H and O–H groups in total. The molecule has 0 unspecified atom stereocenters. The second kappa shape index (κ2) is 7.43. The largest absolute Gasteiger partial charge is 0.327 e. The van der Waals surface area contributed by atoms with Gasteiger partial charge in [0.2, 0.25) is 10.0 Å². The number of aryl methyl sites for hydroxylation is 1. The van der Waals surface area contributed by atoms with E-state index in [1.165, 1.54) is 30.0 Å². The molecule has 4 atom stereocenters. The van der Waals surface area contributed by atoms with Gasteiger partial charge < -0.3 is 9.88 Å². The molecule has 0 aliphatic heterocycles. The van der Waals surface area contributed by atoms with Gasteiger partial charge in [0, 0.05) is 26.7 Å². The molecule has 6 nitrogen and oxygen atoms in total. The van der Waals surface area contributed by atoms with Crippen LogP contribution in [0, 0.1) is 17.8 Å². The monoisotopic (exact) mass is 404 g/mol. The van der Waals surface area contributed by atoms with E-state index in [2.05, 4.69) is 23.7 Å². The molecule has 1 aromatic heterocycles. The number of hydrogen-bond acceptors (Lipinski definition) is 4. The van der Waals surface area contributed by atoms with Gasteiger partial charge in [0.15, 0.2) is 0 Å². The van der Waals surface area contributed by atoms with Crippen LogP contribution in [0.1, 0.15) is 45.4 Å². The third-order valence-electron chi connectivity index (χ3n) is 6.91. The van der Waals surface area contributed by atoms with Crippen LogP contribution in [0.15, 0.2) is 23.1 Å². The highest BCUT2D eigenvalue weighted by atomic mass is 32.2. The van der Waals surface area contributed by atoms with Crippen LogP contribution in [0.5, 0.6) is 0 Å². The van der Waals surface area contributed by atoms with E-state index in [-0.39, 0.29) is 0 Å². The Kier molecular flexibility index (Phi) is 5.27. The topological polar surface area (TPSA) is 67.2 Å². The fourth-order valence-electron chi connectivity index (χ4n) is 5.33. The van der Waals surface area contributed by atoms with Crippen molar-refractivity contribution in [3.63, 3.8) is 0 Å². The minimum atomic E-state index is -3.45. The quantitative estimate of drug-likeness (QED) is 0.769. The summed E-state index contributed by atoms with van der Waals surface area (Å²) in [6.45, 7) is 5.95. The molecule has 28 heavy (non-hydrogen) atoms. The van der Waals surface area contributed by atoms with Crippen molar-refractivity contribution < 1.29 is 8.42 Å².